The van der Waals surface area contributed by atoms with Crippen molar-refractivity contribution in [3.63, 3.8) is 0 Å². The zero-order valence-corrected chi connectivity index (χ0v) is 42.0. The molecule has 0 radical (unpaired) electrons. The molecule has 8 heterocycles. The lowest BCUT2D eigenvalue weighted by Crippen LogP contribution is -2.55. The van der Waals surface area contributed by atoms with Crippen LogP contribution in [0.15, 0.2) is 48.8 Å². The monoisotopic (exact) mass is 1080 g/mol. The molecule has 5 atom stereocenters. The minimum atomic E-state index is -4.85. The molecule has 0 aliphatic carbocycles. The number of benzene rings is 2. The van der Waals surface area contributed by atoms with Crippen molar-refractivity contribution in [2.75, 3.05) is 88.5 Å². The van der Waals surface area contributed by atoms with Gasteiger partial charge in [0.2, 0.25) is 0 Å². The minimum absolute atomic E-state index is 0.0206. The van der Waals surface area contributed by atoms with Gasteiger partial charge in [-0.25, -0.2) is 29.3 Å². The first-order valence-corrected chi connectivity index (χ1v) is 25.6. The predicted octanol–water partition coefficient (Wildman–Crippen LogP) is 9.41. The summed E-state index contributed by atoms with van der Waals surface area (Å²) < 4.78 is 90.2. The number of rotatable bonds is 14. The number of piperidine rings is 2. The summed E-state index contributed by atoms with van der Waals surface area (Å²) in [5, 5.41) is 29.1. The fraction of sp³-hybridized carbons (Fsp3) is 0.542. The fourth-order valence-corrected chi connectivity index (χ4v) is 12.5. The van der Waals surface area contributed by atoms with Gasteiger partial charge >= 0.3 is 12.4 Å². The second kappa shape index (κ2) is 20.4. The number of aliphatic hydroxyl groups is 2. The maximum absolute atomic E-state index is 14.9. The molecule has 2 N–H and O–H groups in total. The van der Waals surface area contributed by atoms with Crippen molar-refractivity contribution in [2.24, 2.45) is 29.6 Å². The molecule has 6 aromatic rings. The van der Waals surface area contributed by atoms with Gasteiger partial charge in [0.25, 0.3) is 0 Å². The molecule has 10 rings (SSSR count). The molecule has 0 amide bonds. The summed E-state index contributed by atoms with van der Waals surface area (Å²) in [7, 11) is 0. The summed E-state index contributed by atoms with van der Waals surface area (Å²) in [4.78, 5) is 26.6. The number of halogens is 10. The molecule has 2 aromatic carbocycles. The molecule has 24 heteroatoms. The van der Waals surface area contributed by atoms with Crippen molar-refractivity contribution < 1.29 is 36.6 Å². The van der Waals surface area contributed by atoms with E-state index in [9.17, 15) is 36.6 Å². The standard InChI is InChI=1S/C48H52Cl4F6N12O2/c1-26(34-6-4-32(49)15-36(34)51)69-45-41(43(63-69)47(53,54)55)59-17-39(61-45)68-24-31(25-68)29-13-27(19-66(21-29)10-12-72)14-38(35-7-5-33(50)16-37(35)52)70-46-42(44(64-70)48(56,57)58)60-18-40(62-46)67-22-30(23-67)28-3-2-8-65(20-28)9-11-71/h4-7,15-18,26-31,38,71-72H,2-3,8-14,19-25H2,1H3. The summed E-state index contributed by atoms with van der Waals surface area (Å²) in [5.74, 6) is 1.65. The average Bonchev–Trinajstić information content (AvgIpc) is 3.87. The number of hydrogen-bond acceptors (Lipinski definition) is 12. The molecule has 4 saturated heterocycles. The fourth-order valence-electron chi connectivity index (χ4n) is 11.4. The van der Waals surface area contributed by atoms with Gasteiger partial charge < -0.3 is 29.8 Å². The second-order valence-corrected chi connectivity index (χ2v) is 21.4. The van der Waals surface area contributed by atoms with Crippen LogP contribution in [0.4, 0.5) is 38.0 Å². The Kier molecular flexibility index (Phi) is 14.5. The molecule has 4 aliphatic rings. The predicted molar refractivity (Wildman–Crippen MR) is 263 cm³/mol. The normalized spacial score (nSPS) is 21.9. The number of aliphatic hydroxyl groups excluding tert-OH is 2. The molecule has 0 spiro atoms. The maximum Gasteiger partial charge on any atom is 0.437 e. The van der Waals surface area contributed by atoms with E-state index < -0.39 is 41.3 Å². The van der Waals surface area contributed by atoms with Crippen molar-refractivity contribution in [1.82, 2.24) is 49.3 Å². The molecule has 14 nitrogen and oxygen atoms in total. The molecule has 0 bridgehead atoms. The Morgan fingerprint density at radius 1 is 0.639 bits per heavy atom. The number of alkyl halides is 6. The van der Waals surface area contributed by atoms with E-state index in [4.69, 9.17) is 56.4 Å². The number of hydrogen-bond donors (Lipinski definition) is 2. The van der Waals surface area contributed by atoms with E-state index in [0.717, 1.165) is 25.9 Å². The van der Waals surface area contributed by atoms with E-state index in [0.29, 0.717) is 110 Å². The molecular formula is C48H52Cl4F6N12O2. The number of aromatic nitrogens is 8. The molecule has 5 unspecified atom stereocenters. The van der Waals surface area contributed by atoms with E-state index in [1.165, 1.54) is 27.8 Å². The first-order chi connectivity index (χ1) is 34.4. The summed E-state index contributed by atoms with van der Waals surface area (Å²) in [6.45, 7) is 8.04. The second-order valence-electron chi connectivity index (χ2n) is 19.7. The highest BCUT2D eigenvalue weighted by atomic mass is 35.5. The van der Waals surface area contributed by atoms with Crippen molar-refractivity contribution in [3.05, 3.63) is 91.4 Å². The van der Waals surface area contributed by atoms with Crippen molar-refractivity contribution in [1.29, 1.82) is 0 Å². The van der Waals surface area contributed by atoms with Gasteiger partial charge in [-0.2, -0.15) is 36.5 Å². The first-order valence-electron chi connectivity index (χ1n) is 24.1. The lowest BCUT2D eigenvalue weighted by molar-refractivity contribution is -0.141. The van der Waals surface area contributed by atoms with Crippen molar-refractivity contribution in [2.45, 2.75) is 57.0 Å². The third-order valence-electron chi connectivity index (χ3n) is 15.1. The zero-order chi connectivity index (χ0) is 50.8. The lowest BCUT2D eigenvalue weighted by Gasteiger charge is -2.49. The molecule has 72 heavy (non-hydrogen) atoms. The van der Waals surface area contributed by atoms with Gasteiger partial charge in [0, 0.05) is 79.0 Å². The Balaban J connectivity index is 0.920. The van der Waals surface area contributed by atoms with Crippen LogP contribution in [0.2, 0.25) is 20.1 Å². The van der Waals surface area contributed by atoms with E-state index in [2.05, 4.69) is 30.0 Å². The highest BCUT2D eigenvalue weighted by Gasteiger charge is 2.45. The SMILES string of the molecule is CC(c1ccc(Cl)cc1Cl)n1nc(C(F)(F)F)c2ncc(N3CC(C4CC(CC(c5ccc(Cl)cc5Cl)n5nc(C(F)(F)F)c6ncc(N7CC(C8CCCN(CCO)C8)C7)nc65)CN(CCO)C4)C3)nc21. The topological polar surface area (TPSA) is 141 Å². The Morgan fingerprint density at radius 2 is 1.15 bits per heavy atom. The quantitative estimate of drug-likeness (QED) is 0.101. The van der Waals surface area contributed by atoms with Crippen LogP contribution >= 0.6 is 46.4 Å². The molecule has 4 aromatic heterocycles. The van der Waals surface area contributed by atoms with E-state index in [-0.39, 0.29) is 57.8 Å². The summed E-state index contributed by atoms with van der Waals surface area (Å²) in [5.41, 5.74) is -2.15. The summed E-state index contributed by atoms with van der Waals surface area (Å²) >= 11 is 25.9. The Labute approximate surface area is 430 Å². The number of likely N-dealkylation sites (tertiary alicyclic amines) is 2. The maximum atomic E-state index is 14.9. The average molecular weight is 1080 g/mol. The van der Waals surface area contributed by atoms with Crippen LogP contribution in [0, 0.1) is 29.6 Å². The number of fused-ring (bicyclic) bond motifs is 2. The van der Waals surface area contributed by atoms with Crippen LogP contribution in [0.5, 0.6) is 0 Å². The minimum Gasteiger partial charge on any atom is -0.395 e. The molecule has 4 fully saturated rings. The molecule has 4 aliphatic heterocycles. The molecular weight excluding hydrogens is 1030 g/mol. The largest absolute Gasteiger partial charge is 0.437 e. The van der Waals surface area contributed by atoms with Gasteiger partial charge in [-0.15, -0.1) is 0 Å². The number of anilines is 2. The van der Waals surface area contributed by atoms with E-state index in [1.807, 2.05) is 9.80 Å². The van der Waals surface area contributed by atoms with Gasteiger partial charge in [-0.1, -0.05) is 58.5 Å². The third kappa shape index (κ3) is 10.3. The molecule has 0 saturated carbocycles. The highest BCUT2D eigenvalue weighted by molar-refractivity contribution is 6.35. The van der Waals surface area contributed by atoms with Crippen LogP contribution in [-0.4, -0.2) is 138 Å². The lowest BCUT2D eigenvalue weighted by atomic mass is 9.75. The number of β-amino-alcohol motifs (C(OH)–C–C–N with tert-alkyl or cyclic N) is 2. The first kappa shape index (κ1) is 51.2. The highest BCUT2D eigenvalue weighted by Crippen LogP contribution is 2.44. The van der Waals surface area contributed by atoms with Gasteiger partial charge in [0.1, 0.15) is 22.7 Å². The molecule has 386 valence electrons. The Morgan fingerprint density at radius 3 is 1.71 bits per heavy atom. The summed E-state index contributed by atoms with van der Waals surface area (Å²) in [6, 6.07) is 8.05. The van der Waals surface area contributed by atoms with Gasteiger partial charge in [0.15, 0.2) is 22.7 Å². The van der Waals surface area contributed by atoms with Crippen LogP contribution < -0.4 is 9.80 Å². The van der Waals surface area contributed by atoms with E-state index in [1.54, 1.807) is 37.3 Å². The zero-order valence-electron chi connectivity index (χ0n) is 39.0. The van der Waals surface area contributed by atoms with Crippen LogP contribution in [0.1, 0.15) is 67.2 Å². The smallest absolute Gasteiger partial charge is 0.395 e. The third-order valence-corrected chi connectivity index (χ3v) is 16.2. The van der Waals surface area contributed by atoms with Gasteiger partial charge in [-0.3, -0.25) is 0 Å². The van der Waals surface area contributed by atoms with Crippen LogP contribution in [0.25, 0.3) is 22.3 Å². The Hall–Kier alpha value is -4.28. The van der Waals surface area contributed by atoms with Gasteiger partial charge in [0.05, 0.1) is 37.7 Å². The van der Waals surface area contributed by atoms with Crippen LogP contribution in [0.3, 0.4) is 0 Å². The van der Waals surface area contributed by atoms with Crippen molar-refractivity contribution >= 4 is 80.4 Å². The number of nitrogens with zero attached hydrogens (tertiary/aromatic N) is 12. The summed E-state index contributed by atoms with van der Waals surface area (Å²) in [6.07, 6.45) is -3.86. The van der Waals surface area contributed by atoms with E-state index >= 15 is 0 Å². The van der Waals surface area contributed by atoms with Crippen LogP contribution in [-0.2, 0) is 12.4 Å². The Bertz CT molecular complexity index is 2930. The van der Waals surface area contributed by atoms with Crippen molar-refractivity contribution in [3.8, 4) is 0 Å². The van der Waals surface area contributed by atoms with Gasteiger partial charge in [-0.05, 0) is 104 Å².